The molecular formula is C21H21ClFN3O4. The minimum atomic E-state index is -1.24. The predicted molar refractivity (Wildman–Crippen MR) is 113 cm³/mol. The molecule has 9 heteroatoms. The third-order valence-corrected chi connectivity index (χ3v) is 5.01. The molecule has 0 spiro atoms. The molecule has 0 fully saturated rings. The molecule has 7 nitrogen and oxygen atoms in total. The average Bonchev–Trinajstić information content (AvgIpc) is 2.64. The van der Waals surface area contributed by atoms with Gasteiger partial charge in [0.15, 0.2) is 11.6 Å². The molecule has 0 radical (unpaired) electrons. The van der Waals surface area contributed by atoms with Gasteiger partial charge in [0.05, 0.1) is 22.9 Å². The summed E-state index contributed by atoms with van der Waals surface area (Å²) < 4.78 is 21.7. The Balaban J connectivity index is 2.17. The molecule has 3 rings (SSSR count). The van der Waals surface area contributed by atoms with E-state index in [4.69, 9.17) is 16.3 Å². The Morgan fingerprint density at radius 1 is 1.27 bits per heavy atom. The quantitative estimate of drug-likeness (QED) is 0.620. The summed E-state index contributed by atoms with van der Waals surface area (Å²) in [6.45, 7) is 6.74. The van der Waals surface area contributed by atoms with E-state index in [1.54, 1.807) is 46.9 Å². The molecule has 0 bridgehead atoms. The number of aromatic nitrogens is 2. The molecule has 1 amide bonds. The van der Waals surface area contributed by atoms with Gasteiger partial charge in [-0.1, -0.05) is 11.6 Å². The van der Waals surface area contributed by atoms with E-state index in [1.807, 2.05) is 0 Å². The van der Waals surface area contributed by atoms with Crippen LogP contribution in [0.2, 0.25) is 5.02 Å². The van der Waals surface area contributed by atoms with Crippen LogP contribution in [0.4, 0.5) is 14.9 Å². The number of amides is 1. The fraction of sp³-hybridized carbons (Fsp3) is 0.286. The largest absolute Gasteiger partial charge is 0.465 e. The first-order valence-electron chi connectivity index (χ1n) is 9.07. The van der Waals surface area contributed by atoms with Gasteiger partial charge in [0.1, 0.15) is 10.8 Å². The first-order valence-corrected chi connectivity index (χ1v) is 9.45. The summed E-state index contributed by atoms with van der Waals surface area (Å²) in [7, 11) is 1.58. The van der Waals surface area contributed by atoms with Crippen molar-refractivity contribution in [3.8, 4) is 11.5 Å². The predicted octanol–water partition coefficient (Wildman–Crippen LogP) is 5.11. The zero-order valence-electron chi connectivity index (χ0n) is 17.2. The normalized spacial score (nSPS) is 11.6. The summed E-state index contributed by atoms with van der Waals surface area (Å²) in [6, 6.07) is 5.53. The van der Waals surface area contributed by atoms with E-state index in [2.05, 4.69) is 4.98 Å². The second kappa shape index (κ2) is 7.60. The smallest absolute Gasteiger partial charge is 0.412 e. The Hall–Kier alpha value is -3.13. The van der Waals surface area contributed by atoms with E-state index in [1.165, 1.54) is 17.0 Å². The molecule has 0 atom stereocenters. The van der Waals surface area contributed by atoms with Gasteiger partial charge in [0.25, 0.3) is 5.56 Å². The van der Waals surface area contributed by atoms with Gasteiger partial charge in [0, 0.05) is 18.2 Å². The molecule has 0 unspecified atom stereocenters. The first kappa shape index (κ1) is 21.6. The van der Waals surface area contributed by atoms with Crippen LogP contribution in [0, 0.1) is 12.7 Å². The molecule has 30 heavy (non-hydrogen) atoms. The van der Waals surface area contributed by atoms with E-state index in [0.29, 0.717) is 16.5 Å². The summed E-state index contributed by atoms with van der Waals surface area (Å²) in [6.07, 6.45) is 0.177. The van der Waals surface area contributed by atoms with Crippen LogP contribution in [-0.2, 0) is 7.05 Å². The third kappa shape index (κ3) is 3.70. The second-order valence-electron chi connectivity index (χ2n) is 7.84. The molecule has 0 aliphatic rings. The lowest BCUT2D eigenvalue weighted by Gasteiger charge is -2.34. The maximum absolute atomic E-state index is 14.6. The summed E-state index contributed by atoms with van der Waals surface area (Å²) in [5, 5.41) is 9.80. The highest BCUT2D eigenvalue weighted by atomic mass is 35.5. The lowest BCUT2D eigenvalue weighted by atomic mass is 10.1. The monoisotopic (exact) mass is 433 g/mol. The van der Waals surface area contributed by atoms with E-state index in [0.717, 1.165) is 11.0 Å². The number of halogens is 2. The zero-order chi connectivity index (χ0) is 22.4. The van der Waals surface area contributed by atoms with Crippen LogP contribution >= 0.6 is 11.6 Å². The van der Waals surface area contributed by atoms with Crippen LogP contribution in [0.25, 0.3) is 10.9 Å². The van der Waals surface area contributed by atoms with Crippen LogP contribution in [0.1, 0.15) is 26.3 Å². The van der Waals surface area contributed by atoms with Crippen molar-refractivity contribution in [2.24, 2.45) is 7.05 Å². The van der Waals surface area contributed by atoms with E-state index < -0.39 is 17.4 Å². The molecule has 0 aliphatic heterocycles. The molecule has 158 valence electrons. The van der Waals surface area contributed by atoms with Crippen LogP contribution in [0.5, 0.6) is 11.5 Å². The number of hydrogen-bond acceptors (Lipinski definition) is 4. The summed E-state index contributed by atoms with van der Waals surface area (Å²) >= 11 is 6.39. The highest BCUT2D eigenvalue weighted by molar-refractivity contribution is 6.35. The fourth-order valence-corrected chi connectivity index (χ4v) is 3.47. The number of ether oxygens (including phenoxy) is 1. The number of aryl methyl sites for hydroxylation is 2. The van der Waals surface area contributed by atoms with Gasteiger partial charge in [0.2, 0.25) is 0 Å². The van der Waals surface area contributed by atoms with Crippen molar-refractivity contribution in [2.75, 3.05) is 4.90 Å². The number of carbonyl (C=O) groups is 1. The highest BCUT2D eigenvalue weighted by Gasteiger charge is 2.31. The van der Waals surface area contributed by atoms with Gasteiger partial charge < -0.3 is 14.4 Å². The lowest BCUT2D eigenvalue weighted by molar-refractivity contribution is 0.195. The molecule has 0 aliphatic carbocycles. The molecule has 1 aromatic heterocycles. The fourth-order valence-electron chi connectivity index (χ4n) is 3.19. The van der Waals surface area contributed by atoms with Crippen LogP contribution < -0.4 is 15.2 Å². The van der Waals surface area contributed by atoms with Gasteiger partial charge in [-0.15, -0.1) is 0 Å². The minimum absolute atomic E-state index is 0.0871. The molecule has 1 heterocycles. The molecule has 3 aromatic rings. The second-order valence-corrected chi connectivity index (χ2v) is 8.22. The Bertz CT molecular complexity index is 1220. The van der Waals surface area contributed by atoms with Crippen LogP contribution in [0.15, 0.2) is 35.4 Å². The van der Waals surface area contributed by atoms with Gasteiger partial charge in [-0.3, -0.25) is 9.69 Å². The maximum Gasteiger partial charge on any atom is 0.412 e. The Morgan fingerprint density at radius 3 is 2.53 bits per heavy atom. The highest BCUT2D eigenvalue weighted by Crippen LogP contribution is 2.42. The Labute approximate surface area is 177 Å². The standard InChI is InChI=1S/C21H21ClFN3O4/c1-11-15(9-7-13-16(11)19(27)25(5)10-24-13)30-18-12(23)6-8-14(17(18)22)26(20(28)29)21(2,3)4/h6-10H,1-5H3,(H,28,29). The summed E-state index contributed by atoms with van der Waals surface area (Å²) in [5.74, 6) is -0.877. The minimum Gasteiger partial charge on any atom is -0.465 e. The van der Waals surface area contributed by atoms with Gasteiger partial charge in [-0.05, 0) is 52.0 Å². The van der Waals surface area contributed by atoms with E-state index in [-0.39, 0.29) is 27.8 Å². The van der Waals surface area contributed by atoms with Gasteiger partial charge in [-0.25, -0.2) is 14.2 Å². The van der Waals surface area contributed by atoms with Crippen LogP contribution in [-0.4, -0.2) is 26.3 Å². The number of anilines is 1. The van der Waals surface area contributed by atoms with Crippen molar-refractivity contribution in [3.05, 3.63) is 57.3 Å². The van der Waals surface area contributed by atoms with Crippen molar-refractivity contribution in [1.29, 1.82) is 0 Å². The molecule has 0 saturated heterocycles. The average molecular weight is 434 g/mol. The number of rotatable bonds is 3. The first-order chi connectivity index (χ1) is 13.9. The van der Waals surface area contributed by atoms with E-state index >= 15 is 0 Å². The SMILES string of the molecule is Cc1c(Oc2c(F)ccc(N(C(=O)O)C(C)(C)C)c2Cl)ccc2ncn(C)c(=O)c12. The molecule has 2 aromatic carbocycles. The molecular weight excluding hydrogens is 413 g/mol. The molecule has 1 N–H and O–H groups in total. The topological polar surface area (TPSA) is 84.7 Å². The number of nitrogens with zero attached hydrogens (tertiary/aromatic N) is 3. The molecule has 0 saturated carbocycles. The van der Waals surface area contributed by atoms with E-state index in [9.17, 15) is 19.1 Å². The van der Waals surface area contributed by atoms with Gasteiger partial charge in [-0.2, -0.15) is 0 Å². The maximum atomic E-state index is 14.6. The number of fused-ring (bicyclic) bond motifs is 1. The van der Waals surface area contributed by atoms with Crippen molar-refractivity contribution >= 4 is 34.3 Å². The Kier molecular flexibility index (Phi) is 5.47. The zero-order valence-corrected chi connectivity index (χ0v) is 17.9. The third-order valence-electron chi connectivity index (χ3n) is 4.64. The van der Waals surface area contributed by atoms with Crippen molar-refractivity contribution in [1.82, 2.24) is 9.55 Å². The number of benzene rings is 2. The van der Waals surface area contributed by atoms with Crippen molar-refractivity contribution in [3.63, 3.8) is 0 Å². The van der Waals surface area contributed by atoms with Crippen molar-refractivity contribution < 1.29 is 19.0 Å². The summed E-state index contributed by atoms with van der Waals surface area (Å²) in [5.41, 5.74) is -0.0698. The van der Waals surface area contributed by atoms with Gasteiger partial charge >= 0.3 is 6.09 Å². The lowest BCUT2D eigenvalue weighted by Crippen LogP contribution is -2.45. The van der Waals surface area contributed by atoms with Crippen LogP contribution in [0.3, 0.4) is 0 Å². The summed E-state index contributed by atoms with van der Waals surface area (Å²) in [4.78, 5) is 29.6. The Morgan fingerprint density at radius 2 is 1.93 bits per heavy atom. The number of carboxylic acid groups (broad SMARTS) is 1. The number of hydrogen-bond donors (Lipinski definition) is 1. The van der Waals surface area contributed by atoms with Crippen molar-refractivity contribution in [2.45, 2.75) is 33.2 Å².